The van der Waals surface area contributed by atoms with E-state index >= 15 is 0 Å². The van der Waals surface area contributed by atoms with E-state index in [-0.39, 0.29) is 0 Å². The molecular weight excluding hydrogens is 223 g/mol. The van der Waals surface area contributed by atoms with E-state index in [2.05, 4.69) is 28.7 Å². The summed E-state index contributed by atoms with van der Waals surface area (Å²) in [4.78, 5) is 0. The fraction of sp³-hybridized carbons (Fsp3) is 0.750. The van der Waals surface area contributed by atoms with E-state index in [1.165, 1.54) is 25.7 Å². The smallest absolute Gasteiger partial charge is 0.0128 e. The molecule has 0 amide bonds. The molecule has 2 atom stereocenters. The number of allylic oxidation sites excluding steroid dienone is 2. The summed E-state index contributed by atoms with van der Waals surface area (Å²) >= 11 is 2.49. The topological polar surface area (TPSA) is 0 Å². The van der Waals surface area contributed by atoms with Gasteiger partial charge in [-0.3, -0.25) is 0 Å². The van der Waals surface area contributed by atoms with Gasteiger partial charge in [0.1, 0.15) is 0 Å². The molecule has 0 aromatic rings. The Balaban J connectivity index is 2.19. The fourth-order valence-electron chi connectivity index (χ4n) is 2.05. The maximum Gasteiger partial charge on any atom is -0.0128 e. The van der Waals surface area contributed by atoms with Crippen LogP contribution in [0, 0.1) is 11.8 Å². The van der Waals surface area contributed by atoms with Gasteiger partial charge in [0, 0.05) is 0 Å². The van der Waals surface area contributed by atoms with Crippen LogP contribution in [0.25, 0.3) is 0 Å². The average molecular weight is 234 g/mol. The van der Waals surface area contributed by atoms with Crippen LogP contribution in [0.5, 0.6) is 0 Å². The maximum atomic E-state index is 2.49. The van der Waals surface area contributed by atoms with E-state index in [4.69, 9.17) is 0 Å². The first kappa shape index (κ1) is 6.20. The van der Waals surface area contributed by atoms with Gasteiger partial charge in [-0.15, -0.1) is 0 Å². The van der Waals surface area contributed by atoms with Gasteiger partial charge in [-0.25, -0.2) is 0 Å². The van der Waals surface area contributed by atoms with Crippen LogP contribution >= 0.6 is 22.6 Å². The Morgan fingerprint density at radius 1 is 1.44 bits per heavy atom. The molecule has 9 heavy (non-hydrogen) atoms. The Morgan fingerprint density at radius 2 is 2.33 bits per heavy atom. The summed E-state index contributed by atoms with van der Waals surface area (Å²) in [7, 11) is 0. The molecule has 0 aliphatic heterocycles. The van der Waals surface area contributed by atoms with Crippen LogP contribution < -0.4 is 0 Å². The third-order valence-electron chi connectivity index (χ3n) is 2.48. The molecule has 1 heteroatoms. The zero-order valence-corrected chi connectivity index (χ0v) is 7.60. The molecule has 0 N–H and O–H groups in total. The van der Waals surface area contributed by atoms with Crippen molar-refractivity contribution in [3.63, 3.8) is 0 Å². The summed E-state index contributed by atoms with van der Waals surface area (Å²) in [6.07, 6.45) is 8.32. The molecule has 0 heterocycles. The number of rotatable bonds is 0. The Hall–Kier alpha value is 0.470. The highest BCUT2D eigenvalue weighted by molar-refractivity contribution is 14.1. The van der Waals surface area contributed by atoms with E-state index in [0.717, 1.165) is 11.8 Å². The highest BCUT2D eigenvalue weighted by Crippen LogP contribution is 2.42. The Bertz CT molecular complexity index is 149. The molecule has 2 aliphatic rings. The molecule has 0 radical (unpaired) electrons. The fourth-order valence-corrected chi connectivity index (χ4v) is 3.18. The second-order valence-electron chi connectivity index (χ2n) is 3.26. The highest BCUT2D eigenvalue weighted by atomic mass is 127. The molecule has 2 aliphatic carbocycles. The lowest BCUT2D eigenvalue weighted by molar-refractivity contribution is 0.517. The molecule has 0 aromatic carbocycles. The van der Waals surface area contributed by atoms with Crippen molar-refractivity contribution in [1.29, 1.82) is 0 Å². The van der Waals surface area contributed by atoms with Gasteiger partial charge in [-0.1, -0.05) is 6.08 Å². The van der Waals surface area contributed by atoms with Crippen LogP contribution in [0.4, 0.5) is 0 Å². The summed E-state index contributed by atoms with van der Waals surface area (Å²) in [6, 6.07) is 0. The lowest BCUT2D eigenvalue weighted by atomic mass is 9.96. The highest BCUT2D eigenvalue weighted by Gasteiger charge is 2.27. The molecule has 0 spiro atoms. The molecule has 1 saturated carbocycles. The van der Waals surface area contributed by atoms with Crippen LogP contribution in [-0.4, -0.2) is 0 Å². The molecule has 50 valence electrons. The zero-order valence-electron chi connectivity index (χ0n) is 5.44. The minimum Gasteiger partial charge on any atom is -0.0721 e. The average Bonchev–Trinajstić information content (AvgIpc) is 2.11. The van der Waals surface area contributed by atoms with Gasteiger partial charge in [0.15, 0.2) is 0 Å². The Kier molecular flexibility index (Phi) is 1.55. The minimum absolute atomic E-state index is 0.968. The second-order valence-corrected chi connectivity index (χ2v) is 4.64. The number of hydrogen-bond acceptors (Lipinski definition) is 0. The van der Waals surface area contributed by atoms with Crippen molar-refractivity contribution in [2.45, 2.75) is 25.7 Å². The second kappa shape index (κ2) is 2.26. The summed E-state index contributed by atoms with van der Waals surface area (Å²) < 4.78 is 1.62. The molecule has 2 rings (SSSR count). The SMILES string of the molecule is IC1=C[C@@H]2CC[C@H](C1)C2. The molecule has 0 aromatic heterocycles. The number of fused-ring (bicyclic) bond motifs is 2. The molecule has 0 unspecified atom stereocenters. The standard InChI is InChI=1S/C8H11I/c9-8-4-6-1-2-7(3-6)5-8/h4,6-7H,1-3,5H2/t6-,7+/m1/s1. The van der Waals surface area contributed by atoms with Crippen molar-refractivity contribution in [3.05, 3.63) is 9.66 Å². The maximum absolute atomic E-state index is 2.49. The lowest BCUT2D eigenvalue weighted by Gasteiger charge is -2.14. The van der Waals surface area contributed by atoms with Crippen LogP contribution in [0.1, 0.15) is 25.7 Å². The number of hydrogen-bond donors (Lipinski definition) is 0. The van der Waals surface area contributed by atoms with Crippen LogP contribution in [0.2, 0.25) is 0 Å². The summed E-state index contributed by atoms with van der Waals surface area (Å²) in [5.74, 6) is 2.03. The van der Waals surface area contributed by atoms with Crippen LogP contribution in [-0.2, 0) is 0 Å². The van der Waals surface area contributed by atoms with Crippen molar-refractivity contribution < 1.29 is 0 Å². The van der Waals surface area contributed by atoms with Gasteiger partial charge in [0.25, 0.3) is 0 Å². The van der Waals surface area contributed by atoms with E-state index in [1.54, 1.807) is 3.58 Å². The van der Waals surface area contributed by atoms with Crippen molar-refractivity contribution in [2.75, 3.05) is 0 Å². The Labute approximate surface area is 69.9 Å². The Morgan fingerprint density at radius 3 is 3.11 bits per heavy atom. The quantitative estimate of drug-likeness (QED) is 0.565. The first-order valence-electron chi connectivity index (χ1n) is 3.71. The van der Waals surface area contributed by atoms with Crippen molar-refractivity contribution in [3.8, 4) is 0 Å². The van der Waals surface area contributed by atoms with E-state index in [9.17, 15) is 0 Å². The van der Waals surface area contributed by atoms with Crippen LogP contribution in [0.15, 0.2) is 9.66 Å². The van der Waals surface area contributed by atoms with Crippen molar-refractivity contribution in [2.24, 2.45) is 11.8 Å². The largest absolute Gasteiger partial charge is 0.0721 e. The lowest BCUT2D eigenvalue weighted by Crippen LogP contribution is -2.00. The zero-order chi connectivity index (χ0) is 6.27. The van der Waals surface area contributed by atoms with Gasteiger partial charge in [-0.2, -0.15) is 0 Å². The van der Waals surface area contributed by atoms with Gasteiger partial charge < -0.3 is 0 Å². The van der Waals surface area contributed by atoms with E-state index < -0.39 is 0 Å². The van der Waals surface area contributed by atoms with Gasteiger partial charge in [0.2, 0.25) is 0 Å². The third kappa shape index (κ3) is 1.16. The third-order valence-corrected chi connectivity index (χ3v) is 3.28. The first-order chi connectivity index (χ1) is 4.34. The summed E-state index contributed by atoms with van der Waals surface area (Å²) in [5, 5.41) is 0. The molecule has 1 fully saturated rings. The van der Waals surface area contributed by atoms with E-state index in [1.807, 2.05) is 0 Å². The van der Waals surface area contributed by atoms with Gasteiger partial charge >= 0.3 is 0 Å². The predicted octanol–water partition coefficient (Wildman–Crippen LogP) is 3.13. The molecular formula is C8H11I. The minimum atomic E-state index is 0.968. The monoisotopic (exact) mass is 234 g/mol. The summed E-state index contributed by atoms with van der Waals surface area (Å²) in [5.41, 5.74) is 0. The molecule has 0 saturated heterocycles. The molecule has 2 bridgehead atoms. The normalized spacial score (nSPS) is 40.8. The van der Waals surface area contributed by atoms with Crippen LogP contribution in [0.3, 0.4) is 0 Å². The number of halogens is 1. The first-order valence-corrected chi connectivity index (χ1v) is 4.78. The predicted molar refractivity (Wildman–Crippen MR) is 47.6 cm³/mol. The molecule has 0 nitrogen and oxygen atoms in total. The van der Waals surface area contributed by atoms with Gasteiger partial charge in [0.05, 0.1) is 0 Å². The van der Waals surface area contributed by atoms with Crippen molar-refractivity contribution in [1.82, 2.24) is 0 Å². The summed E-state index contributed by atoms with van der Waals surface area (Å²) in [6.45, 7) is 0. The van der Waals surface area contributed by atoms with Gasteiger partial charge in [-0.05, 0) is 63.7 Å². The van der Waals surface area contributed by atoms with E-state index in [0.29, 0.717) is 0 Å². The van der Waals surface area contributed by atoms with Crippen molar-refractivity contribution >= 4 is 22.6 Å².